The minimum absolute atomic E-state index is 0.0634. The molecule has 24 heavy (non-hydrogen) atoms. The van der Waals surface area contributed by atoms with Gasteiger partial charge in [0.1, 0.15) is 13.1 Å². The van der Waals surface area contributed by atoms with Gasteiger partial charge < -0.3 is 19.7 Å². The van der Waals surface area contributed by atoms with Gasteiger partial charge in [-0.3, -0.25) is 4.79 Å². The van der Waals surface area contributed by atoms with E-state index in [1.54, 1.807) is 7.05 Å². The number of halogens is 1. The van der Waals surface area contributed by atoms with E-state index in [0.717, 1.165) is 29.1 Å². The molecule has 1 aliphatic rings. The van der Waals surface area contributed by atoms with Crippen LogP contribution in [0, 0.1) is 0 Å². The van der Waals surface area contributed by atoms with Gasteiger partial charge in [0.05, 0.1) is 7.05 Å². The Balaban J connectivity index is 1.65. The number of hydrogen-bond acceptors (Lipinski definition) is 3. The zero-order valence-electron chi connectivity index (χ0n) is 13.7. The van der Waals surface area contributed by atoms with Crippen molar-refractivity contribution in [2.45, 2.75) is 13.1 Å². The molecule has 5 nitrogen and oxygen atoms in total. The molecular formula is C18H20BrN2O3+. The van der Waals surface area contributed by atoms with Gasteiger partial charge in [0.15, 0.2) is 11.5 Å². The monoisotopic (exact) mass is 391 g/mol. The molecule has 0 radical (unpaired) electrons. The molecule has 0 saturated heterocycles. The molecule has 2 N–H and O–H groups in total. The lowest BCUT2D eigenvalue weighted by Crippen LogP contribution is -3.06. The van der Waals surface area contributed by atoms with Crippen molar-refractivity contribution < 1.29 is 19.2 Å². The van der Waals surface area contributed by atoms with Crippen molar-refractivity contribution in [3.8, 4) is 11.5 Å². The van der Waals surface area contributed by atoms with Crippen molar-refractivity contribution in [3.63, 3.8) is 0 Å². The molecule has 0 spiro atoms. The molecule has 1 amide bonds. The van der Waals surface area contributed by atoms with Gasteiger partial charge in [-0.1, -0.05) is 28.1 Å². The second-order valence-electron chi connectivity index (χ2n) is 5.88. The molecule has 3 rings (SSSR count). The van der Waals surface area contributed by atoms with E-state index in [4.69, 9.17) is 9.47 Å². The van der Waals surface area contributed by atoms with E-state index in [0.29, 0.717) is 5.56 Å². The van der Waals surface area contributed by atoms with Crippen LogP contribution in [-0.4, -0.2) is 26.8 Å². The average Bonchev–Trinajstić information content (AvgIpc) is 3.02. The number of quaternary nitrogens is 1. The van der Waals surface area contributed by atoms with E-state index in [1.807, 2.05) is 36.4 Å². The van der Waals surface area contributed by atoms with E-state index in [2.05, 4.69) is 28.3 Å². The number of nitrogens with one attached hydrogen (secondary N) is 2. The Kier molecular flexibility index (Phi) is 5.06. The number of ether oxygens (including phenoxy) is 2. The summed E-state index contributed by atoms with van der Waals surface area (Å²) < 4.78 is 11.9. The number of amides is 1. The van der Waals surface area contributed by atoms with Crippen LogP contribution in [0.1, 0.15) is 21.5 Å². The molecule has 1 heterocycles. The summed E-state index contributed by atoms with van der Waals surface area (Å²) >= 11 is 3.60. The summed E-state index contributed by atoms with van der Waals surface area (Å²) in [6, 6.07) is 11.7. The maximum atomic E-state index is 11.6. The van der Waals surface area contributed by atoms with E-state index >= 15 is 0 Å². The molecule has 1 aliphatic heterocycles. The molecule has 126 valence electrons. The summed E-state index contributed by atoms with van der Waals surface area (Å²) in [7, 11) is 3.78. The quantitative estimate of drug-likeness (QED) is 0.816. The summed E-state index contributed by atoms with van der Waals surface area (Å²) in [5.74, 6) is 1.52. The Morgan fingerprint density at radius 1 is 1.17 bits per heavy atom. The molecule has 1 unspecified atom stereocenters. The lowest BCUT2D eigenvalue weighted by molar-refractivity contribution is -0.907. The van der Waals surface area contributed by atoms with Crippen LogP contribution >= 0.6 is 15.9 Å². The Hall–Kier alpha value is -2.05. The van der Waals surface area contributed by atoms with Gasteiger partial charge in [0, 0.05) is 28.2 Å². The largest absolute Gasteiger partial charge is 0.454 e. The number of hydrogen-bond donors (Lipinski definition) is 2. The third-order valence-corrected chi connectivity index (χ3v) is 4.72. The fourth-order valence-electron chi connectivity index (χ4n) is 2.75. The molecule has 0 aliphatic carbocycles. The maximum Gasteiger partial charge on any atom is 0.251 e. The Labute approximate surface area is 149 Å². The summed E-state index contributed by atoms with van der Waals surface area (Å²) in [6.45, 7) is 2.01. The number of carbonyl (C=O) groups excluding carboxylic acids is 1. The first-order chi connectivity index (χ1) is 11.6. The highest BCUT2D eigenvalue weighted by Gasteiger charge is 2.18. The Morgan fingerprint density at radius 3 is 2.50 bits per heavy atom. The minimum atomic E-state index is -0.0634. The predicted octanol–water partition coefficient (Wildman–Crippen LogP) is 1.75. The van der Waals surface area contributed by atoms with Crippen molar-refractivity contribution in [2.24, 2.45) is 0 Å². The van der Waals surface area contributed by atoms with E-state index < -0.39 is 0 Å². The SMILES string of the molecule is CNC(=O)c1ccc(C[NH+](C)Cc2cc3c(cc2Br)OCO3)cc1. The number of carbonyl (C=O) groups is 1. The average molecular weight is 392 g/mol. The molecule has 0 bridgehead atoms. The standard InChI is InChI=1S/C18H19BrN2O3/c1-20-18(22)13-5-3-12(4-6-13)9-21(2)10-14-7-16-17(8-15(14)19)24-11-23-16/h3-8H,9-11H2,1-2H3,(H,20,22)/p+1. The highest BCUT2D eigenvalue weighted by atomic mass is 79.9. The van der Waals surface area contributed by atoms with Crippen LogP contribution < -0.4 is 19.7 Å². The van der Waals surface area contributed by atoms with Gasteiger partial charge >= 0.3 is 0 Å². The maximum absolute atomic E-state index is 11.6. The zero-order valence-corrected chi connectivity index (χ0v) is 15.3. The lowest BCUT2D eigenvalue weighted by Gasteiger charge is -2.16. The van der Waals surface area contributed by atoms with Gasteiger partial charge in [0.25, 0.3) is 5.91 Å². The Bertz CT molecular complexity index is 747. The van der Waals surface area contributed by atoms with Crippen LogP contribution in [0.4, 0.5) is 0 Å². The molecule has 0 aromatic heterocycles. The first-order valence-corrected chi connectivity index (χ1v) is 8.56. The van der Waals surface area contributed by atoms with Crippen molar-refractivity contribution in [3.05, 3.63) is 57.6 Å². The van der Waals surface area contributed by atoms with Crippen molar-refractivity contribution in [2.75, 3.05) is 20.9 Å². The summed E-state index contributed by atoms with van der Waals surface area (Å²) in [5.41, 5.74) is 3.05. The molecule has 2 aromatic carbocycles. The molecule has 2 aromatic rings. The highest BCUT2D eigenvalue weighted by Crippen LogP contribution is 2.36. The van der Waals surface area contributed by atoms with E-state index in [9.17, 15) is 4.79 Å². The fourth-order valence-corrected chi connectivity index (χ4v) is 3.21. The summed E-state index contributed by atoms with van der Waals surface area (Å²) in [4.78, 5) is 12.9. The second-order valence-corrected chi connectivity index (χ2v) is 6.74. The second kappa shape index (κ2) is 7.23. The van der Waals surface area contributed by atoms with E-state index in [1.165, 1.54) is 16.0 Å². The van der Waals surface area contributed by atoms with Gasteiger partial charge in [-0.05, 0) is 24.3 Å². The minimum Gasteiger partial charge on any atom is -0.454 e. The number of benzene rings is 2. The molecule has 6 heteroatoms. The van der Waals surface area contributed by atoms with Crippen LogP contribution in [0.5, 0.6) is 11.5 Å². The predicted molar refractivity (Wildman–Crippen MR) is 94.4 cm³/mol. The number of rotatable bonds is 5. The molecule has 0 saturated carbocycles. The smallest absolute Gasteiger partial charge is 0.251 e. The molecule has 1 atom stereocenters. The summed E-state index contributed by atoms with van der Waals surface area (Å²) in [5, 5.41) is 2.63. The van der Waals surface area contributed by atoms with Crippen LogP contribution in [0.3, 0.4) is 0 Å². The van der Waals surface area contributed by atoms with Crippen molar-refractivity contribution in [1.82, 2.24) is 5.32 Å². The third-order valence-electron chi connectivity index (χ3n) is 3.98. The van der Waals surface area contributed by atoms with Crippen LogP contribution in [0.15, 0.2) is 40.9 Å². The molecular weight excluding hydrogens is 372 g/mol. The first kappa shape index (κ1) is 16.8. The number of fused-ring (bicyclic) bond motifs is 1. The van der Waals surface area contributed by atoms with Gasteiger partial charge in [-0.25, -0.2) is 0 Å². The lowest BCUT2D eigenvalue weighted by atomic mass is 10.1. The van der Waals surface area contributed by atoms with E-state index in [-0.39, 0.29) is 12.7 Å². The topological polar surface area (TPSA) is 52.0 Å². The van der Waals surface area contributed by atoms with Gasteiger partial charge in [0.2, 0.25) is 6.79 Å². The van der Waals surface area contributed by atoms with Crippen molar-refractivity contribution >= 4 is 21.8 Å². The third kappa shape index (κ3) is 3.71. The molecule has 0 fully saturated rings. The fraction of sp³-hybridized carbons (Fsp3) is 0.278. The first-order valence-electron chi connectivity index (χ1n) is 7.77. The summed E-state index contributed by atoms with van der Waals surface area (Å²) in [6.07, 6.45) is 0. The highest BCUT2D eigenvalue weighted by molar-refractivity contribution is 9.10. The normalized spacial score (nSPS) is 13.6. The Morgan fingerprint density at radius 2 is 1.83 bits per heavy atom. The van der Waals surface area contributed by atoms with Crippen LogP contribution in [0.25, 0.3) is 0 Å². The van der Waals surface area contributed by atoms with Crippen LogP contribution in [-0.2, 0) is 13.1 Å². The van der Waals surface area contributed by atoms with Gasteiger partial charge in [-0.2, -0.15) is 0 Å². The van der Waals surface area contributed by atoms with Crippen molar-refractivity contribution in [1.29, 1.82) is 0 Å². The van der Waals surface area contributed by atoms with Crippen LogP contribution in [0.2, 0.25) is 0 Å². The van der Waals surface area contributed by atoms with Gasteiger partial charge in [-0.15, -0.1) is 0 Å². The zero-order chi connectivity index (χ0) is 17.1.